The van der Waals surface area contributed by atoms with Gasteiger partial charge in [-0.25, -0.2) is 0 Å². The van der Waals surface area contributed by atoms with E-state index < -0.39 is 0 Å². The van der Waals surface area contributed by atoms with Gasteiger partial charge in [0.05, 0.1) is 5.92 Å². The van der Waals surface area contributed by atoms with E-state index in [2.05, 4.69) is 5.32 Å². The molecule has 1 saturated heterocycles. The number of amides is 2. The largest absolute Gasteiger partial charge is 0.454 e. The molecule has 1 aromatic carbocycles. The topological polar surface area (TPSA) is 67.9 Å². The van der Waals surface area contributed by atoms with Crippen molar-refractivity contribution in [2.24, 2.45) is 5.92 Å². The number of rotatable bonds is 2. The van der Waals surface area contributed by atoms with E-state index in [-0.39, 0.29) is 24.5 Å². The van der Waals surface area contributed by atoms with Gasteiger partial charge in [-0.05, 0) is 18.6 Å². The molecule has 1 atom stereocenters. The maximum Gasteiger partial charge on any atom is 0.231 e. The highest BCUT2D eigenvalue weighted by Crippen LogP contribution is 2.34. The molecule has 106 valence electrons. The zero-order valence-corrected chi connectivity index (χ0v) is 11.2. The number of hydrogen-bond donors (Lipinski definition) is 1. The summed E-state index contributed by atoms with van der Waals surface area (Å²) in [7, 11) is 0. The van der Waals surface area contributed by atoms with Gasteiger partial charge < -0.3 is 19.7 Å². The average Bonchev–Trinajstić information content (AvgIpc) is 3.07. The molecule has 0 radical (unpaired) electrons. The molecule has 3 rings (SSSR count). The van der Waals surface area contributed by atoms with Crippen molar-refractivity contribution in [3.05, 3.63) is 18.2 Å². The molecule has 1 unspecified atom stereocenters. The van der Waals surface area contributed by atoms with Crippen molar-refractivity contribution in [1.29, 1.82) is 0 Å². The van der Waals surface area contributed by atoms with Gasteiger partial charge in [0.1, 0.15) is 0 Å². The normalized spacial score (nSPS) is 20.1. The lowest BCUT2D eigenvalue weighted by Gasteiger charge is -2.14. The highest BCUT2D eigenvalue weighted by molar-refractivity contribution is 5.93. The number of hydrogen-bond acceptors (Lipinski definition) is 4. The van der Waals surface area contributed by atoms with E-state index in [1.807, 2.05) is 0 Å². The van der Waals surface area contributed by atoms with Crippen molar-refractivity contribution in [2.45, 2.75) is 13.3 Å². The second-order valence-corrected chi connectivity index (χ2v) is 5.01. The van der Waals surface area contributed by atoms with Crippen LogP contribution in [0.15, 0.2) is 18.2 Å². The number of nitrogens with zero attached hydrogens (tertiary/aromatic N) is 1. The third-order valence-electron chi connectivity index (χ3n) is 3.64. The van der Waals surface area contributed by atoms with Crippen LogP contribution in [0, 0.1) is 5.92 Å². The lowest BCUT2D eigenvalue weighted by Crippen LogP contribution is -2.29. The minimum absolute atomic E-state index is 0.0170. The van der Waals surface area contributed by atoms with Gasteiger partial charge in [0.2, 0.25) is 18.6 Å². The first-order valence-electron chi connectivity index (χ1n) is 6.59. The van der Waals surface area contributed by atoms with Gasteiger partial charge >= 0.3 is 0 Å². The van der Waals surface area contributed by atoms with Crippen LogP contribution in [0.5, 0.6) is 11.5 Å². The second-order valence-electron chi connectivity index (χ2n) is 5.01. The summed E-state index contributed by atoms with van der Waals surface area (Å²) in [5.74, 6) is 1.13. The number of ether oxygens (including phenoxy) is 2. The van der Waals surface area contributed by atoms with E-state index in [0.717, 1.165) is 0 Å². The zero-order valence-electron chi connectivity index (χ0n) is 11.2. The molecule has 1 aromatic rings. The number of likely N-dealkylation sites (tertiary alicyclic amines) is 1. The van der Waals surface area contributed by atoms with Gasteiger partial charge in [0.25, 0.3) is 0 Å². The van der Waals surface area contributed by atoms with Gasteiger partial charge in [-0.3, -0.25) is 9.59 Å². The molecule has 0 aromatic heterocycles. The van der Waals surface area contributed by atoms with Crippen molar-refractivity contribution < 1.29 is 19.1 Å². The summed E-state index contributed by atoms with van der Waals surface area (Å²) >= 11 is 0. The number of nitrogens with one attached hydrogen (secondary N) is 1. The minimum Gasteiger partial charge on any atom is -0.454 e. The molecule has 0 bridgehead atoms. The molecule has 2 aliphatic heterocycles. The van der Waals surface area contributed by atoms with Crippen molar-refractivity contribution in [3.63, 3.8) is 0 Å². The third-order valence-corrected chi connectivity index (χ3v) is 3.64. The first-order chi connectivity index (χ1) is 9.63. The predicted molar refractivity (Wildman–Crippen MR) is 71.6 cm³/mol. The summed E-state index contributed by atoms with van der Waals surface area (Å²) in [6.45, 7) is 2.88. The number of carbonyl (C=O) groups excluding carboxylic acids is 2. The average molecular weight is 276 g/mol. The Balaban J connectivity index is 1.63. The van der Waals surface area contributed by atoms with E-state index in [1.165, 1.54) is 6.92 Å². The number of benzene rings is 1. The van der Waals surface area contributed by atoms with Gasteiger partial charge in [-0.15, -0.1) is 0 Å². The Morgan fingerprint density at radius 3 is 2.85 bits per heavy atom. The van der Waals surface area contributed by atoms with E-state index in [1.54, 1.807) is 23.1 Å². The molecular weight excluding hydrogens is 260 g/mol. The van der Waals surface area contributed by atoms with Crippen molar-refractivity contribution in [3.8, 4) is 11.5 Å². The van der Waals surface area contributed by atoms with Crippen LogP contribution >= 0.6 is 0 Å². The molecular formula is C14H16N2O4. The quantitative estimate of drug-likeness (QED) is 0.882. The van der Waals surface area contributed by atoms with Crippen molar-refractivity contribution in [1.82, 2.24) is 4.90 Å². The van der Waals surface area contributed by atoms with Crippen molar-refractivity contribution in [2.75, 3.05) is 25.2 Å². The Bertz CT molecular complexity index is 558. The Kier molecular flexibility index (Phi) is 3.22. The van der Waals surface area contributed by atoms with Crippen LogP contribution in [0.4, 0.5) is 5.69 Å². The third kappa shape index (κ3) is 2.41. The van der Waals surface area contributed by atoms with Gasteiger partial charge in [0.15, 0.2) is 11.5 Å². The van der Waals surface area contributed by atoms with Crippen molar-refractivity contribution >= 4 is 17.5 Å². The SMILES string of the molecule is CC(=O)N1CCC(C(=O)Nc2ccc3c(c2)OCO3)C1. The summed E-state index contributed by atoms with van der Waals surface area (Å²) in [4.78, 5) is 25.1. The standard InChI is InChI=1S/C14H16N2O4/c1-9(17)16-5-4-10(7-16)14(18)15-11-2-3-12-13(6-11)20-8-19-12/h2-3,6,10H,4-5,7-8H2,1H3,(H,15,18). The molecule has 0 aliphatic carbocycles. The first kappa shape index (κ1) is 12.8. The minimum atomic E-state index is -0.149. The fourth-order valence-corrected chi connectivity index (χ4v) is 2.48. The Morgan fingerprint density at radius 2 is 2.10 bits per heavy atom. The van der Waals surface area contributed by atoms with Crippen LogP contribution in [0.1, 0.15) is 13.3 Å². The second kappa shape index (κ2) is 5.03. The number of anilines is 1. The van der Waals surface area contributed by atoms with Crippen LogP contribution < -0.4 is 14.8 Å². The molecule has 2 heterocycles. The van der Waals surface area contributed by atoms with Gasteiger partial charge in [0, 0.05) is 31.8 Å². The molecule has 0 saturated carbocycles. The Morgan fingerprint density at radius 1 is 1.30 bits per heavy atom. The van der Waals surface area contributed by atoms with Crippen LogP contribution in [0.25, 0.3) is 0 Å². The molecule has 1 N–H and O–H groups in total. The Labute approximate surface area is 116 Å². The lowest BCUT2D eigenvalue weighted by atomic mass is 10.1. The molecule has 20 heavy (non-hydrogen) atoms. The Hall–Kier alpha value is -2.24. The van der Waals surface area contributed by atoms with E-state index in [9.17, 15) is 9.59 Å². The van der Waals surface area contributed by atoms with Crippen LogP contribution in [-0.4, -0.2) is 36.6 Å². The molecule has 6 nitrogen and oxygen atoms in total. The maximum atomic E-state index is 12.2. The summed E-state index contributed by atoms with van der Waals surface area (Å²) in [6, 6.07) is 5.30. The van der Waals surface area contributed by atoms with Crippen LogP contribution in [-0.2, 0) is 9.59 Å². The predicted octanol–water partition coefficient (Wildman–Crippen LogP) is 1.22. The summed E-state index contributed by atoms with van der Waals surface area (Å²) < 4.78 is 10.5. The maximum absolute atomic E-state index is 12.2. The molecule has 2 aliphatic rings. The summed E-state index contributed by atoms with van der Waals surface area (Å²) in [6.07, 6.45) is 0.704. The molecule has 6 heteroatoms. The monoisotopic (exact) mass is 276 g/mol. The number of carbonyl (C=O) groups is 2. The lowest BCUT2D eigenvalue weighted by molar-refractivity contribution is -0.128. The highest BCUT2D eigenvalue weighted by Gasteiger charge is 2.29. The van der Waals surface area contributed by atoms with Crippen LogP contribution in [0.3, 0.4) is 0 Å². The van der Waals surface area contributed by atoms with Crippen LogP contribution in [0.2, 0.25) is 0 Å². The fraction of sp³-hybridized carbons (Fsp3) is 0.429. The van der Waals surface area contributed by atoms with E-state index >= 15 is 0 Å². The molecule has 2 amide bonds. The molecule has 0 spiro atoms. The zero-order chi connectivity index (χ0) is 14.1. The number of fused-ring (bicyclic) bond motifs is 1. The summed E-state index contributed by atoms with van der Waals surface area (Å²) in [5.41, 5.74) is 0.681. The molecule has 1 fully saturated rings. The first-order valence-corrected chi connectivity index (χ1v) is 6.59. The van der Waals surface area contributed by atoms with Gasteiger partial charge in [-0.2, -0.15) is 0 Å². The highest BCUT2D eigenvalue weighted by atomic mass is 16.7. The van der Waals surface area contributed by atoms with Gasteiger partial charge in [-0.1, -0.05) is 0 Å². The van der Waals surface area contributed by atoms with E-state index in [0.29, 0.717) is 36.7 Å². The smallest absolute Gasteiger partial charge is 0.231 e. The summed E-state index contributed by atoms with van der Waals surface area (Å²) in [5, 5.41) is 2.86. The van der Waals surface area contributed by atoms with E-state index in [4.69, 9.17) is 9.47 Å². The fourth-order valence-electron chi connectivity index (χ4n) is 2.48.